The van der Waals surface area contributed by atoms with E-state index >= 15 is 0 Å². The number of sulfonamides is 1. The number of carbonyl (C=O) groups is 1. The minimum absolute atomic E-state index is 0. The maximum absolute atomic E-state index is 11.7. The van der Waals surface area contributed by atoms with E-state index < -0.39 is 15.9 Å². The lowest BCUT2D eigenvalue weighted by atomic mass is 10.3. The largest absolute Gasteiger partial charge is 0.351 e. The van der Waals surface area contributed by atoms with Crippen LogP contribution in [0.3, 0.4) is 0 Å². The first-order valence-electron chi connectivity index (χ1n) is 5.09. The Kier molecular flexibility index (Phi) is 7.87. The zero-order chi connectivity index (χ0) is 13.8. The summed E-state index contributed by atoms with van der Waals surface area (Å²) in [6.07, 6.45) is 0. The Labute approximate surface area is 127 Å². The third kappa shape index (κ3) is 6.07. The first-order valence-corrected chi connectivity index (χ1v) is 7.77. The molecule has 4 N–H and O–H groups in total. The molecule has 1 amide bonds. The summed E-state index contributed by atoms with van der Waals surface area (Å²) >= 11 is 6.58. The highest BCUT2D eigenvalue weighted by Crippen LogP contribution is 2.25. The van der Waals surface area contributed by atoms with Crippen molar-refractivity contribution in [3.05, 3.63) is 16.5 Å². The maximum Gasteiger partial charge on any atom is 0.250 e. The van der Waals surface area contributed by atoms with E-state index in [0.29, 0.717) is 10.9 Å². The second kappa shape index (κ2) is 8.03. The van der Waals surface area contributed by atoms with Gasteiger partial charge in [-0.05, 0) is 19.1 Å². The van der Waals surface area contributed by atoms with E-state index in [0.717, 1.165) is 11.3 Å². The summed E-state index contributed by atoms with van der Waals surface area (Å²) < 4.78 is 26.1. The number of rotatable bonds is 6. The molecular formula is C9H15Cl2N3O3S2. The third-order valence-corrected chi connectivity index (χ3v) is 5.12. The fraction of sp³-hybridized carbons (Fsp3) is 0.444. The molecule has 1 heterocycles. The van der Waals surface area contributed by atoms with Crippen LogP contribution < -0.4 is 15.8 Å². The monoisotopic (exact) mass is 347 g/mol. The summed E-state index contributed by atoms with van der Waals surface area (Å²) in [4.78, 5) is 11.4. The van der Waals surface area contributed by atoms with E-state index in [2.05, 4.69) is 10.0 Å². The second-order valence-electron chi connectivity index (χ2n) is 3.59. The van der Waals surface area contributed by atoms with Gasteiger partial charge in [0.1, 0.15) is 4.21 Å². The van der Waals surface area contributed by atoms with Gasteiger partial charge < -0.3 is 11.1 Å². The number of halogens is 2. The van der Waals surface area contributed by atoms with Crippen LogP contribution in [0.15, 0.2) is 16.3 Å². The zero-order valence-corrected chi connectivity index (χ0v) is 13.3. The van der Waals surface area contributed by atoms with Gasteiger partial charge in [-0.15, -0.1) is 23.7 Å². The number of amides is 1. The molecule has 0 aliphatic rings. The van der Waals surface area contributed by atoms with Crippen molar-refractivity contribution in [1.29, 1.82) is 0 Å². The highest BCUT2D eigenvalue weighted by Gasteiger charge is 2.18. The van der Waals surface area contributed by atoms with Crippen LogP contribution in [0.1, 0.15) is 6.92 Å². The van der Waals surface area contributed by atoms with E-state index in [9.17, 15) is 13.2 Å². The van der Waals surface area contributed by atoms with E-state index in [1.54, 1.807) is 6.92 Å². The van der Waals surface area contributed by atoms with Gasteiger partial charge in [-0.1, -0.05) is 11.6 Å². The summed E-state index contributed by atoms with van der Waals surface area (Å²) in [7, 11) is -3.69. The molecule has 0 unspecified atom stereocenters. The van der Waals surface area contributed by atoms with Crippen LogP contribution in [0.25, 0.3) is 0 Å². The first kappa shape index (κ1) is 18.6. The molecule has 0 bridgehead atoms. The molecule has 1 aromatic heterocycles. The molecule has 0 radical (unpaired) electrons. The van der Waals surface area contributed by atoms with Crippen LogP contribution in [-0.2, 0) is 14.8 Å². The Morgan fingerprint density at radius 1 is 1.53 bits per heavy atom. The molecule has 0 spiro atoms. The smallest absolute Gasteiger partial charge is 0.250 e. The molecule has 19 heavy (non-hydrogen) atoms. The quantitative estimate of drug-likeness (QED) is 0.699. The van der Waals surface area contributed by atoms with Gasteiger partial charge in [0.05, 0.1) is 10.9 Å². The van der Waals surface area contributed by atoms with Gasteiger partial charge in [-0.3, -0.25) is 4.79 Å². The first-order chi connectivity index (χ1) is 8.35. The van der Waals surface area contributed by atoms with Crippen LogP contribution in [0, 0.1) is 0 Å². The minimum atomic E-state index is -3.69. The number of hydrogen-bond acceptors (Lipinski definition) is 5. The van der Waals surface area contributed by atoms with Crippen LogP contribution in [0.5, 0.6) is 0 Å². The highest BCUT2D eigenvalue weighted by molar-refractivity contribution is 7.91. The Balaban J connectivity index is 0.00000324. The topological polar surface area (TPSA) is 101 Å². The van der Waals surface area contributed by atoms with Crippen molar-refractivity contribution in [2.24, 2.45) is 5.73 Å². The summed E-state index contributed by atoms with van der Waals surface area (Å²) in [5, 5.41) is 2.55. The Morgan fingerprint density at radius 2 is 2.16 bits per heavy atom. The summed E-state index contributed by atoms with van der Waals surface area (Å²) in [6, 6.07) is 2.67. The molecule has 110 valence electrons. The van der Waals surface area contributed by atoms with Gasteiger partial charge in [0, 0.05) is 12.6 Å². The van der Waals surface area contributed by atoms with E-state index in [1.165, 1.54) is 12.1 Å². The van der Waals surface area contributed by atoms with Gasteiger partial charge in [0.25, 0.3) is 10.0 Å². The summed E-state index contributed by atoms with van der Waals surface area (Å²) in [5.41, 5.74) is 5.33. The SMILES string of the molecule is C[C@@H](CN)NC(=O)CNS(=O)(=O)c1ccc(Cl)s1.Cl. The molecular weight excluding hydrogens is 333 g/mol. The number of nitrogens with two attached hydrogens (primary N) is 1. The molecule has 0 fully saturated rings. The molecule has 0 aliphatic carbocycles. The minimum Gasteiger partial charge on any atom is -0.351 e. The van der Waals surface area contributed by atoms with Crippen molar-refractivity contribution in [3.8, 4) is 0 Å². The van der Waals surface area contributed by atoms with Gasteiger partial charge in [0.2, 0.25) is 5.91 Å². The lowest BCUT2D eigenvalue weighted by Crippen LogP contribution is -2.43. The molecule has 6 nitrogen and oxygen atoms in total. The predicted octanol–water partition coefficient (Wildman–Crippen LogP) is 0.565. The van der Waals surface area contributed by atoms with Crippen molar-refractivity contribution in [2.75, 3.05) is 13.1 Å². The number of carbonyl (C=O) groups excluding carboxylic acids is 1. The van der Waals surface area contributed by atoms with Crippen molar-refractivity contribution in [2.45, 2.75) is 17.2 Å². The average molecular weight is 348 g/mol. The molecule has 0 aliphatic heterocycles. The van der Waals surface area contributed by atoms with Crippen LogP contribution in [-0.4, -0.2) is 33.5 Å². The van der Waals surface area contributed by atoms with Gasteiger partial charge in [-0.25, -0.2) is 13.1 Å². The van der Waals surface area contributed by atoms with Gasteiger partial charge >= 0.3 is 0 Å². The lowest BCUT2D eigenvalue weighted by molar-refractivity contribution is -0.120. The normalized spacial score (nSPS) is 12.6. The van der Waals surface area contributed by atoms with Crippen molar-refractivity contribution in [1.82, 2.24) is 10.0 Å². The fourth-order valence-corrected chi connectivity index (χ4v) is 3.57. The number of thiophene rings is 1. The van der Waals surface area contributed by atoms with Crippen LogP contribution >= 0.6 is 35.3 Å². The third-order valence-electron chi connectivity index (χ3n) is 2.00. The molecule has 1 aromatic rings. The summed E-state index contributed by atoms with van der Waals surface area (Å²) in [5.74, 6) is -0.431. The van der Waals surface area contributed by atoms with E-state index in [-0.39, 0.29) is 29.2 Å². The highest BCUT2D eigenvalue weighted by atomic mass is 35.5. The molecule has 1 atom stereocenters. The molecule has 10 heteroatoms. The number of hydrogen-bond donors (Lipinski definition) is 3. The summed E-state index contributed by atoms with van der Waals surface area (Å²) in [6.45, 7) is 1.69. The zero-order valence-electron chi connectivity index (χ0n) is 10.1. The van der Waals surface area contributed by atoms with Crippen LogP contribution in [0.4, 0.5) is 0 Å². The van der Waals surface area contributed by atoms with Crippen molar-refractivity contribution in [3.63, 3.8) is 0 Å². The average Bonchev–Trinajstić information content (AvgIpc) is 2.74. The van der Waals surface area contributed by atoms with Gasteiger partial charge in [0.15, 0.2) is 0 Å². The van der Waals surface area contributed by atoms with Crippen molar-refractivity contribution >= 4 is 51.3 Å². The Morgan fingerprint density at radius 3 is 2.63 bits per heavy atom. The standard InChI is InChI=1S/C9H14ClN3O3S2.ClH/c1-6(4-11)13-8(14)5-12-18(15,16)9-3-2-7(10)17-9;/h2-3,6,12H,4-5,11H2,1H3,(H,13,14);1H/t6-;/m0./s1. The molecule has 0 saturated heterocycles. The predicted molar refractivity (Wildman–Crippen MR) is 78.4 cm³/mol. The van der Waals surface area contributed by atoms with E-state index in [4.69, 9.17) is 17.3 Å². The molecule has 0 aromatic carbocycles. The van der Waals surface area contributed by atoms with Crippen molar-refractivity contribution < 1.29 is 13.2 Å². The fourth-order valence-electron chi connectivity index (χ4n) is 1.06. The van der Waals surface area contributed by atoms with E-state index in [1.807, 2.05) is 0 Å². The molecule has 1 rings (SSSR count). The second-order valence-corrected chi connectivity index (χ2v) is 7.30. The molecule has 0 saturated carbocycles. The maximum atomic E-state index is 11.7. The van der Waals surface area contributed by atoms with Crippen LogP contribution in [0.2, 0.25) is 4.34 Å². The lowest BCUT2D eigenvalue weighted by Gasteiger charge is -2.11. The van der Waals surface area contributed by atoms with Gasteiger partial charge in [-0.2, -0.15) is 0 Å². The Hall–Kier alpha value is -0.380. The number of nitrogens with one attached hydrogen (secondary N) is 2. The Bertz CT molecular complexity index is 519.